The Labute approximate surface area is 373 Å². The first-order valence-corrected chi connectivity index (χ1v) is 23.0. The predicted molar refractivity (Wildman–Crippen MR) is 258 cm³/mol. The Hall–Kier alpha value is -5.72. The fourth-order valence-corrected chi connectivity index (χ4v) is 12.4. The van der Waals surface area contributed by atoms with Crippen molar-refractivity contribution in [2.24, 2.45) is 0 Å². The zero-order chi connectivity index (χ0) is 43.8. The molecule has 1 saturated heterocycles. The van der Waals surface area contributed by atoms with Crippen LogP contribution < -0.4 is 25.5 Å². The van der Waals surface area contributed by atoms with Gasteiger partial charge in [-0.05, 0) is 133 Å². The smallest absolute Gasteiger partial charge is 0.296 e. The van der Waals surface area contributed by atoms with E-state index >= 15 is 0 Å². The van der Waals surface area contributed by atoms with Gasteiger partial charge in [0.1, 0.15) is 17.0 Å². The van der Waals surface area contributed by atoms with Gasteiger partial charge in [-0.1, -0.05) is 114 Å². The summed E-state index contributed by atoms with van der Waals surface area (Å²) in [6.45, 7) is 24.6. The summed E-state index contributed by atoms with van der Waals surface area (Å²) in [5, 5.41) is 0. The fourth-order valence-electron chi connectivity index (χ4n) is 12.4. The van der Waals surface area contributed by atoms with E-state index in [0.717, 1.165) is 40.5 Å². The van der Waals surface area contributed by atoms with Crippen molar-refractivity contribution in [3.63, 3.8) is 0 Å². The summed E-state index contributed by atoms with van der Waals surface area (Å²) in [6, 6.07) is 45.9. The molecule has 5 heterocycles. The molecule has 12 rings (SSSR count). The van der Waals surface area contributed by atoms with E-state index in [-0.39, 0.29) is 23.1 Å². The number of aryl methyl sites for hydroxylation is 1. The second-order valence-corrected chi connectivity index (χ2v) is 22.2. The van der Waals surface area contributed by atoms with Crippen molar-refractivity contribution in [3.05, 3.63) is 166 Å². The number of anilines is 5. The van der Waals surface area contributed by atoms with Gasteiger partial charge in [0.15, 0.2) is 5.60 Å². The van der Waals surface area contributed by atoms with Gasteiger partial charge < -0.3 is 24.0 Å². The van der Waals surface area contributed by atoms with Gasteiger partial charge in [0, 0.05) is 58.0 Å². The Morgan fingerprint density at radius 2 is 1.13 bits per heavy atom. The molecule has 6 heteroatoms. The molecule has 5 nitrogen and oxygen atoms in total. The van der Waals surface area contributed by atoms with E-state index in [2.05, 4.69) is 207 Å². The summed E-state index contributed by atoms with van der Waals surface area (Å²) in [7, 11) is 0. The lowest BCUT2D eigenvalue weighted by molar-refractivity contribution is -0.110. The lowest BCUT2D eigenvalue weighted by Crippen LogP contribution is -2.56. The molecule has 5 aliphatic heterocycles. The number of hydrogen-bond acceptors (Lipinski definition) is 5. The molecule has 0 N–H and O–H groups in total. The molecule has 6 aromatic carbocycles. The van der Waals surface area contributed by atoms with Gasteiger partial charge in [0.25, 0.3) is 6.71 Å². The van der Waals surface area contributed by atoms with E-state index in [1.165, 1.54) is 66.9 Å². The summed E-state index contributed by atoms with van der Waals surface area (Å²) >= 11 is 0. The van der Waals surface area contributed by atoms with Crippen LogP contribution in [-0.2, 0) is 31.5 Å². The number of ether oxygens (including phenoxy) is 3. The first kappa shape index (κ1) is 38.9. The van der Waals surface area contributed by atoms with E-state index < -0.39 is 16.8 Å². The van der Waals surface area contributed by atoms with Gasteiger partial charge in [-0.25, -0.2) is 0 Å². The second kappa shape index (κ2) is 12.3. The lowest BCUT2D eigenvalue weighted by Gasteiger charge is -2.43. The third-order valence-electron chi connectivity index (χ3n) is 15.3. The van der Waals surface area contributed by atoms with E-state index in [1.54, 1.807) is 0 Å². The minimum Gasteiger partial charge on any atom is -0.489 e. The normalized spacial score (nSPS) is 22.8. The third kappa shape index (κ3) is 5.22. The molecule has 1 spiro atoms. The maximum absolute atomic E-state index is 7.94. The van der Waals surface area contributed by atoms with Crippen molar-refractivity contribution < 1.29 is 14.2 Å². The van der Waals surface area contributed by atoms with Gasteiger partial charge in [0.2, 0.25) is 0 Å². The molecule has 6 aliphatic rings. The maximum Gasteiger partial charge on any atom is 0.296 e. The highest BCUT2D eigenvalue weighted by Gasteiger charge is 2.65. The standard InChI is InChI=1S/C57H57BN2O3/c1-34-28-46-50-47(29-34)60(38-26-22-36(23-27-38)53(5,6)7)48-32-57(41-18-14-12-16-39(41)40-17-13-15-19-42(40)57)62-51(48)58(50)44-31-49-43(56(11)55(10,61-49)33-54(8,9)63-56)30-45(44)59(46)37-24-20-35(21-25-37)52(2,3)4/h12-31H,32-33H2,1-11H3. The van der Waals surface area contributed by atoms with Crippen molar-refractivity contribution in [2.75, 3.05) is 9.80 Å². The summed E-state index contributed by atoms with van der Waals surface area (Å²) in [5.41, 5.74) is 18.2. The Morgan fingerprint density at radius 1 is 0.587 bits per heavy atom. The highest BCUT2D eigenvalue weighted by atomic mass is 16.6. The van der Waals surface area contributed by atoms with Crippen LogP contribution in [0, 0.1) is 6.92 Å². The van der Waals surface area contributed by atoms with Gasteiger partial charge >= 0.3 is 0 Å². The lowest BCUT2D eigenvalue weighted by atomic mass is 9.35. The number of nitrogens with zero attached hydrogens (tertiary/aromatic N) is 2. The van der Waals surface area contributed by atoms with Crippen molar-refractivity contribution >= 4 is 46.1 Å². The molecule has 1 fully saturated rings. The van der Waals surface area contributed by atoms with Crippen molar-refractivity contribution in [3.8, 4) is 16.9 Å². The number of benzene rings is 6. The first-order valence-electron chi connectivity index (χ1n) is 23.0. The van der Waals surface area contributed by atoms with Crippen LogP contribution in [0.25, 0.3) is 11.1 Å². The predicted octanol–water partition coefficient (Wildman–Crippen LogP) is 12.8. The summed E-state index contributed by atoms with van der Waals surface area (Å²) in [5.74, 6) is 0.904. The molecule has 0 radical (unpaired) electrons. The quantitative estimate of drug-likeness (QED) is 0.162. The molecule has 0 aromatic heterocycles. The Morgan fingerprint density at radius 3 is 1.70 bits per heavy atom. The highest BCUT2D eigenvalue weighted by Crippen LogP contribution is 2.63. The van der Waals surface area contributed by atoms with E-state index in [9.17, 15) is 0 Å². The Kier molecular flexibility index (Phi) is 7.60. The minimum atomic E-state index is -0.691. The zero-order valence-corrected chi connectivity index (χ0v) is 38.7. The van der Waals surface area contributed by atoms with Crippen LogP contribution in [0.2, 0.25) is 0 Å². The number of fused-ring (bicyclic) bond motifs is 11. The van der Waals surface area contributed by atoms with Crippen LogP contribution in [0.3, 0.4) is 0 Å². The topological polar surface area (TPSA) is 34.2 Å². The van der Waals surface area contributed by atoms with Gasteiger partial charge in [-0.3, -0.25) is 0 Å². The minimum absolute atomic E-state index is 0.0227. The van der Waals surface area contributed by atoms with Crippen LogP contribution in [0.5, 0.6) is 5.75 Å². The van der Waals surface area contributed by atoms with Crippen molar-refractivity contribution in [2.45, 2.75) is 122 Å². The van der Waals surface area contributed by atoms with E-state index in [1.807, 2.05) is 0 Å². The van der Waals surface area contributed by atoms with Crippen LogP contribution >= 0.6 is 0 Å². The van der Waals surface area contributed by atoms with E-state index in [0.29, 0.717) is 6.42 Å². The molecule has 0 bridgehead atoms. The van der Waals surface area contributed by atoms with Crippen molar-refractivity contribution in [1.82, 2.24) is 0 Å². The summed E-state index contributed by atoms with van der Waals surface area (Å²) in [6.07, 6.45) is 1.49. The number of rotatable bonds is 2. The molecular formula is C57H57BN2O3. The van der Waals surface area contributed by atoms with Crippen LogP contribution in [-0.4, -0.2) is 17.9 Å². The third-order valence-corrected chi connectivity index (χ3v) is 15.3. The zero-order valence-electron chi connectivity index (χ0n) is 38.7. The summed E-state index contributed by atoms with van der Waals surface area (Å²) < 4.78 is 22.2. The molecule has 1 aliphatic carbocycles. The first-order chi connectivity index (χ1) is 29.8. The van der Waals surface area contributed by atoms with Crippen LogP contribution in [0.4, 0.5) is 28.4 Å². The molecule has 0 amide bonds. The van der Waals surface area contributed by atoms with Crippen LogP contribution in [0.1, 0.15) is 115 Å². The molecule has 2 atom stereocenters. The second-order valence-electron chi connectivity index (χ2n) is 22.2. The molecule has 63 heavy (non-hydrogen) atoms. The molecule has 0 saturated carbocycles. The van der Waals surface area contributed by atoms with Gasteiger partial charge in [-0.15, -0.1) is 0 Å². The van der Waals surface area contributed by atoms with Gasteiger partial charge in [0.05, 0.1) is 17.0 Å². The number of hydrogen-bond donors (Lipinski definition) is 0. The Bertz CT molecular complexity index is 2940. The highest BCUT2D eigenvalue weighted by molar-refractivity contribution is 6.94. The summed E-state index contributed by atoms with van der Waals surface area (Å²) in [4.78, 5) is 5.06. The van der Waals surface area contributed by atoms with Crippen LogP contribution in [0.15, 0.2) is 133 Å². The average molecular weight is 829 g/mol. The molecular weight excluding hydrogens is 771 g/mol. The average Bonchev–Trinajstić information content (AvgIpc) is 3.86. The SMILES string of the molecule is Cc1cc2c3c(c1)N(c1ccc(C(C)(C)C)cc1)c1cc4c(cc1B3C1=C(CC3(O1)c1ccccc1-c1ccccc13)N2c1ccc(C(C)(C)C)cc1)OC1(C)CC(C)(C)OC41C. The fraction of sp³-hybridized carbons (Fsp3) is 0.333. The Balaban J connectivity index is 1.15. The molecule has 2 unspecified atom stereocenters. The van der Waals surface area contributed by atoms with Crippen molar-refractivity contribution in [1.29, 1.82) is 0 Å². The maximum atomic E-state index is 7.94. The van der Waals surface area contributed by atoms with E-state index in [4.69, 9.17) is 14.2 Å². The molecule has 6 aromatic rings. The largest absolute Gasteiger partial charge is 0.489 e. The monoisotopic (exact) mass is 828 g/mol. The van der Waals surface area contributed by atoms with Gasteiger partial charge in [-0.2, -0.15) is 0 Å². The molecule has 316 valence electrons.